The van der Waals surface area contributed by atoms with Gasteiger partial charge in [0.15, 0.2) is 0 Å². The number of benzene rings is 1. The van der Waals surface area contributed by atoms with Crippen molar-refractivity contribution < 1.29 is 14.1 Å². The molecule has 1 aromatic carbocycles. The van der Waals surface area contributed by atoms with Gasteiger partial charge in [0.1, 0.15) is 5.82 Å². The molecule has 1 aliphatic rings. The number of hydrogen-bond donors (Lipinski definition) is 1. The van der Waals surface area contributed by atoms with Crippen LogP contribution in [0.5, 0.6) is 0 Å². The molecule has 4 heteroatoms. The van der Waals surface area contributed by atoms with Gasteiger partial charge in [0, 0.05) is 0 Å². The molecule has 0 radical (unpaired) electrons. The second-order valence-electron chi connectivity index (χ2n) is 5.06. The third-order valence-corrected chi connectivity index (χ3v) is 3.11. The van der Waals surface area contributed by atoms with Crippen molar-refractivity contribution in [1.82, 2.24) is 0 Å². The van der Waals surface area contributed by atoms with E-state index in [-0.39, 0.29) is 11.7 Å². The minimum atomic E-state index is -1.02. The maximum atomic E-state index is 13.8. The molecular formula is C12H16BFO2. The van der Waals surface area contributed by atoms with E-state index in [2.05, 4.69) is 0 Å². The zero-order chi connectivity index (χ0) is 12.1. The van der Waals surface area contributed by atoms with Crippen LogP contribution in [0.25, 0.3) is 0 Å². The lowest BCUT2D eigenvalue weighted by Crippen LogP contribution is -2.33. The molecule has 0 saturated heterocycles. The number of rotatable bonds is 1. The Morgan fingerprint density at radius 3 is 2.56 bits per heavy atom. The average Bonchev–Trinajstić information content (AvgIpc) is 2.36. The first kappa shape index (κ1) is 11.6. The van der Waals surface area contributed by atoms with Crippen LogP contribution < -0.4 is 5.46 Å². The Labute approximate surface area is 95.6 Å². The van der Waals surface area contributed by atoms with Crippen molar-refractivity contribution in [2.75, 3.05) is 0 Å². The van der Waals surface area contributed by atoms with Gasteiger partial charge in [-0.15, -0.1) is 0 Å². The van der Waals surface area contributed by atoms with E-state index in [0.29, 0.717) is 11.0 Å². The molecule has 1 aliphatic heterocycles. The topological polar surface area (TPSA) is 29.5 Å². The summed E-state index contributed by atoms with van der Waals surface area (Å²) >= 11 is 0. The highest BCUT2D eigenvalue weighted by Crippen LogP contribution is 2.33. The van der Waals surface area contributed by atoms with Crippen molar-refractivity contribution in [3.8, 4) is 0 Å². The predicted molar refractivity (Wildman–Crippen MR) is 62.2 cm³/mol. The van der Waals surface area contributed by atoms with Gasteiger partial charge in [-0.25, -0.2) is 4.39 Å². The molecule has 0 amide bonds. The van der Waals surface area contributed by atoms with Crippen molar-refractivity contribution in [3.63, 3.8) is 0 Å². The third-order valence-electron chi connectivity index (χ3n) is 3.11. The number of halogens is 1. The second kappa shape index (κ2) is 3.57. The molecule has 0 aromatic heterocycles. The van der Waals surface area contributed by atoms with Crippen molar-refractivity contribution in [2.45, 2.75) is 39.2 Å². The fourth-order valence-electron chi connectivity index (χ4n) is 2.39. The molecule has 0 bridgehead atoms. The standard InChI is InChI=1S/C12H16BFO2/c1-7(2)10-9(14)6-5-8-11(10)13(15)16-12(8,3)4/h5-7,15H,1-4H3. The molecule has 0 saturated carbocycles. The van der Waals surface area contributed by atoms with E-state index >= 15 is 0 Å². The van der Waals surface area contributed by atoms with Gasteiger partial charge in [0.2, 0.25) is 0 Å². The van der Waals surface area contributed by atoms with Crippen LogP contribution in [0.2, 0.25) is 0 Å². The van der Waals surface area contributed by atoms with Gasteiger partial charge >= 0.3 is 7.12 Å². The summed E-state index contributed by atoms with van der Waals surface area (Å²) in [7, 11) is -1.02. The molecule has 2 rings (SSSR count). The smallest absolute Gasteiger partial charge is 0.423 e. The Balaban J connectivity index is 2.70. The molecule has 1 N–H and O–H groups in total. The molecule has 0 atom stereocenters. The van der Waals surface area contributed by atoms with Crippen molar-refractivity contribution >= 4 is 12.6 Å². The van der Waals surface area contributed by atoms with E-state index in [0.717, 1.165) is 5.56 Å². The minimum absolute atomic E-state index is 0.0297. The maximum absolute atomic E-state index is 13.8. The number of hydrogen-bond acceptors (Lipinski definition) is 2. The lowest BCUT2D eigenvalue weighted by Gasteiger charge is -2.20. The Bertz CT molecular complexity index is 429. The van der Waals surface area contributed by atoms with Crippen LogP contribution >= 0.6 is 0 Å². The molecule has 0 aliphatic carbocycles. The highest BCUT2D eigenvalue weighted by Gasteiger charge is 2.43. The van der Waals surface area contributed by atoms with Crippen LogP contribution in [0.3, 0.4) is 0 Å². The molecule has 2 nitrogen and oxygen atoms in total. The molecule has 16 heavy (non-hydrogen) atoms. The van der Waals surface area contributed by atoms with Crippen molar-refractivity contribution in [2.24, 2.45) is 0 Å². The normalized spacial score (nSPS) is 18.1. The molecular weight excluding hydrogens is 206 g/mol. The Kier molecular flexibility index (Phi) is 2.59. The Morgan fingerprint density at radius 2 is 2.00 bits per heavy atom. The van der Waals surface area contributed by atoms with Gasteiger partial charge in [-0.05, 0) is 42.4 Å². The van der Waals surface area contributed by atoms with Crippen molar-refractivity contribution in [1.29, 1.82) is 0 Å². The lowest BCUT2D eigenvalue weighted by atomic mass is 9.72. The maximum Gasteiger partial charge on any atom is 0.492 e. The summed E-state index contributed by atoms with van der Waals surface area (Å²) in [5, 5.41) is 9.88. The van der Waals surface area contributed by atoms with E-state index < -0.39 is 12.7 Å². The van der Waals surface area contributed by atoms with E-state index in [4.69, 9.17) is 4.65 Å². The van der Waals surface area contributed by atoms with Gasteiger partial charge in [-0.3, -0.25) is 0 Å². The third kappa shape index (κ3) is 1.57. The Hall–Kier alpha value is -0.865. The second-order valence-corrected chi connectivity index (χ2v) is 5.06. The fraction of sp³-hybridized carbons (Fsp3) is 0.500. The van der Waals surface area contributed by atoms with Gasteiger partial charge in [-0.2, -0.15) is 0 Å². The highest BCUT2D eigenvalue weighted by atomic mass is 19.1. The summed E-state index contributed by atoms with van der Waals surface area (Å²) in [4.78, 5) is 0. The summed E-state index contributed by atoms with van der Waals surface area (Å²) in [6.07, 6.45) is 0. The van der Waals surface area contributed by atoms with Crippen LogP contribution in [-0.4, -0.2) is 12.1 Å². The summed E-state index contributed by atoms with van der Waals surface area (Å²) in [5.41, 5.74) is 1.51. The van der Waals surface area contributed by atoms with E-state index in [9.17, 15) is 9.41 Å². The van der Waals surface area contributed by atoms with Crippen LogP contribution in [0.15, 0.2) is 12.1 Å². The summed E-state index contributed by atoms with van der Waals surface area (Å²) < 4.78 is 19.2. The molecule has 0 fully saturated rings. The Morgan fingerprint density at radius 1 is 1.38 bits per heavy atom. The zero-order valence-corrected chi connectivity index (χ0v) is 10.0. The van der Waals surface area contributed by atoms with Gasteiger partial charge in [0.05, 0.1) is 5.60 Å². The molecule has 0 unspecified atom stereocenters. The first-order valence-corrected chi connectivity index (χ1v) is 5.53. The van der Waals surface area contributed by atoms with E-state index in [1.54, 1.807) is 6.07 Å². The SMILES string of the molecule is CC(C)c1c(F)ccc2c1B(O)OC2(C)C. The lowest BCUT2D eigenvalue weighted by molar-refractivity contribution is 0.101. The first-order chi connectivity index (χ1) is 7.34. The summed E-state index contributed by atoms with van der Waals surface area (Å²) in [5.74, 6) is -0.240. The van der Waals surface area contributed by atoms with E-state index in [1.807, 2.05) is 27.7 Å². The predicted octanol–water partition coefficient (Wildman–Crippen LogP) is 1.90. The van der Waals surface area contributed by atoms with Gasteiger partial charge in [-0.1, -0.05) is 19.9 Å². The van der Waals surface area contributed by atoms with Crippen LogP contribution in [0, 0.1) is 5.82 Å². The van der Waals surface area contributed by atoms with Crippen LogP contribution in [-0.2, 0) is 10.3 Å². The average molecular weight is 222 g/mol. The minimum Gasteiger partial charge on any atom is -0.423 e. The van der Waals surface area contributed by atoms with Crippen LogP contribution in [0.1, 0.15) is 44.7 Å². The fourth-order valence-corrected chi connectivity index (χ4v) is 2.39. The largest absolute Gasteiger partial charge is 0.492 e. The molecule has 1 heterocycles. The number of fused-ring (bicyclic) bond motifs is 1. The van der Waals surface area contributed by atoms with Crippen molar-refractivity contribution in [3.05, 3.63) is 29.1 Å². The first-order valence-electron chi connectivity index (χ1n) is 5.53. The molecule has 0 spiro atoms. The van der Waals surface area contributed by atoms with E-state index in [1.165, 1.54) is 6.07 Å². The van der Waals surface area contributed by atoms with Gasteiger partial charge in [0.25, 0.3) is 0 Å². The summed E-state index contributed by atoms with van der Waals surface area (Å²) in [6, 6.07) is 3.16. The van der Waals surface area contributed by atoms with Crippen LogP contribution in [0.4, 0.5) is 4.39 Å². The summed E-state index contributed by atoms with van der Waals surface area (Å²) in [6.45, 7) is 7.58. The quantitative estimate of drug-likeness (QED) is 0.735. The van der Waals surface area contributed by atoms with Gasteiger partial charge < -0.3 is 9.68 Å². The highest BCUT2D eigenvalue weighted by molar-refractivity contribution is 6.62. The molecule has 86 valence electrons. The molecule has 1 aromatic rings. The zero-order valence-electron chi connectivity index (χ0n) is 10.0. The monoisotopic (exact) mass is 222 g/mol.